The van der Waals surface area contributed by atoms with Crippen molar-refractivity contribution in [3.8, 4) is 5.75 Å². The van der Waals surface area contributed by atoms with Gasteiger partial charge in [0.2, 0.25) is 5.43 Å². The number of anilines is 1. The second-order valence-electron chi connectivity index (χ2n) is 9.66. The molecule has 35 heavy (non-hydrogen) atoms. The van der Waals surface area contributed by atoms with E-state index >= 15 is 4.39 Å². The second-order valence-corrected chi connectivity index (χ2v) is 9.66. The fraction of sp³-hybridized carbons (Fsp3) is 0.333. The number of ether oxygens (including phenoxy) is 1. The van der Waals surface area contributed by atoms with Gasteiger partial charge in [-0.3, -0.25) is 4.79 Å². The van der Waals surface area contributed by atoms with Gasteiger partial charge in [0.05, 0.1) is 11.6 Å². The van der Waals surface area contributed by atoms with Crippen molar-refractivity contribution in [2.45, 2.75) is 32.1 Å². The van der Waals surface area contributed by atoms with Crippen LogP contribution in [-0.2, 0) is 0 Å². The first kappa shape index (κ1) is 21.8. The van der Waals surface area contributed by atoms with E-state index in [1.165, 1.54) is 54.3 Å². The Morgan fingerprint density at radius 1 is 1.06 bits per heavy atom. The molecule has 2 atom stereocenters. The molecule has 3 aromatic rings. The molecule has 0 radical (unpaired) electrons. The number of rotatable bonds is 3. The molecule has 3 heterocycles. The Labute approximate surface area is 200 Å². The van der Waals surface area contributed by atoms with Gasteiger partial charge in [-0.2, -0.15) is 0 Å². The van der Waals surface area contributed by atoms with Crippen LogP contribution in [0.2, 0.25) is 0 Å². The van der Waals surface area contributed by atoms with E-state index in [1.54, 1.807) is 6.20 Å². The summed E-state index contributed by atoms with van der Waals surface area (Å²) < 4.78 is 37.0. The van der Waals surface area contributed by atoms with E-state index in [4.69, 9.17) is 4.74 Å². The molecule has 6 rings (SSSR count). The number of hydrogen-bond acceptors (Lipinski definition) is 4. The van der Waals surface area contributed by atoms with E-state index in [0.717, 1.165) is 18.9 Å². The first-order valence-corrected chi connectivity index (χ1v) is 12.0. The molecule has 1 saturated carbocycles. The van der Waals surface area contributed by atoms with Crippen molar-refractivity contribution >= 4 is 34.5 Å². The predicted octanol–water partition coefficient (Wildman–Crippen LogP) is 5.34. The molecule has 1 aliphatic carbocycles. The van der Waals surface area contributed by atoms with E-state index in [2.05, 4.69) is 0 Å². The highest BCUT2D eigenvalue weighted by Crippen LogP contribution is 2.46. The van der Waals surface area contributed by atoms with Crippen LogP contribution in [0.15, 0.2) is 41.3 Å². The summed E-state index contributed by atoms with van der Waals surface area (Å²) in [6.07, 6.45) is 8.47. The van der Waals surface area contributed by atoms with Crippen molar-refractivity contribution in [3.63, 3.8) is 0 Å². The Kier molecular flexibility index (Phi) is 5.12. The van der Waals surface area contributed by atoms with Crippen molar-refractivity contribution < 1.29 is 23.4 Å². The number of halogens is 2. The highest BCUT2D eigenvalue weighted by atomic mass is 19.1. The lowest BCUT2D eigenvalue weighted by molar-refractivity contribution is 0.0695. The van der Waals surface area contributed by atoms with Crippen LogP contribution in [0.4, 0.5) is 14.5 Å². The molecule has 2 fully saturated rings. The summed E-state index contributed by atoms with van der Waals surface area (Å²) in [5, 5.41) is 9.52. The van der Waals surface area contributed by atoms with Crippen LogP contribution in [0.25, 0.3) is 22.9 Å². The monoisotopic (exact) mass is 478 g/mol. The number of benzene rings is 2. The van der Waals surface area contributed by atoms with E-state index in [0.29, 0.717) is 41.8 Å². The molecule has 2 aromatic carbocycles. The van der Waals surface area contributed by atoms with Crippen LogP contribution in [0.1, 0.15) is 48.0 Å². The second kappa shape index (κ2) is 8.22. The zero-order valence-electron chi connectivity index (χ0n) is 19.0. The number of piperidine rings is 1. The minimum Gasteiger partial charge on any atom is -0.477 e. The Bertz CT molecular complexity index is 1440. The third-order valence-electron chi connectivity index (χ3n) is 7.63. The molecule has 1 N–H and O–H groups in total. The maximum Gasteiger partial charge on any atom is 0.341 e. The molecule has 2 unspecified atom stereocenters. The summed E-state index contributed by atoms with van der Waals surface area (Å²) in [7, 11) is 0. The van der Waals surface area contributed by atoms with Crippen LogP contribution in [0, 0.1) is 23.5 Å². The Hall–Kier alpha value is -3.68. The third kappa shape index (κ3) is 3.59. The normalized spacial score (nSPS) is 21.3. The van der Waals surface area contributed by atoms with Crippen molar-refractivity contribution in [3.05, 3.63) is 69.5 Å². The van der Waals surface area contributed by atoms with Gasteiger partial charge in [-0.05, 0) is 55.0 Å². The zero-order chi connectivity index (χ0) is 24.3. The number of hydrogen-bond donors (Lipinski definition) is 1. The van der Waals surface area contributed by atoms with Gasteiger partial charge in [0.1, 0.15) is 22.6 Å². The average Bonchev–Trinajstić information content (AvgIpc) is 2.85. The van der Waals surface area contributed by atoms with Crippen molar-refractivity contribution in [1.82, 2.24) is 4.57 Å². The lowest BCUT2D eigenvalue weighted by atomic mass is 9.75. The summed E-state index contributed by atoms with van der Waals surface area (Å²) >= 11 is 0. The fourth-order valence-corrected chi connectivity index (χ4v) is 5.90. The lowest BCUT2D eigenvalue weighted by Gasteiger charge is -2.43. The Morgan fingerprint density at radius 3 is 2.54 bits per heavy atom. The molecule has 2 aliphatic heterocycles. The summed E-state index contributed by atoms with van der Waals surface area (Å²) in [6.45, 7) is 1.38. The standard InChI is InChI=1S/C27H24F2N2O4/c28-18-7-5-16(6-8-18)22-14-31-13-20(27(33)34)25(32)19-11-21(29)24(26(35-22)23(19)31)30-10-9-15-3-1-2-4-17(15)12-30/h5-8,11,13-15,17H,1-4,9-10,12H2,(H,33,34). The van der Waals surface area contributed by atoms with Gasteiger partial charge >= 0.3 is 5.97 Å². The molecular weight excluding hydrogens is 454 g/mol. The minimum atomic E-state index is -1.39. The summed E-state index contributed by atoms with van der Waals surface area (Å²) in [5.41, 5.74) is -0.0700. The van der Waals surface area contributed by atoms with Gasteiger partial charge in [0.15, 0.2) is 17.3 Å². The fourth-order valence-electron chi connectivity index (χ4n) is 5.90. The number of carboxylic acids is 1. The maximum absolute atomic E-state index is 15.7. The van der Waals surface area contributed by atoms with E-state index in [1.807, 2.05) is 4.90 Å². The highest BCUT2D eigenvalue weighted by Gasteiger charge is 2.35. The number of pyridine rings is 1. The third-order valence-corrected chi connectivity index (χ3v) is 7.63. The number of carboxylic acid groups (broad SMARTS) is 1. The van der Waals surface area contributed by atoms with Gasteiger partial charge in [-0.1, -0.05) is 19.3 Å². The number of fused-ring (bicyclic) bond motifs is 1. The first-order chi connectivity index (χ1) is 16.9. The smallest absolute Gasteiger partial charge is 0.341 e. The molecule has 1 aromatic heterocycles. The molecule has 8 heteroatoms. The van der Waals surface area contributed by atoms with Gasteiger partial charge in [-0.15, -0.1) is 0 Å². The summed E-state index contributed by atoms with van der Waals surface area (Å²) in [6, 6.07) is 6.79. The lowest BCUT2D eigenvalue weighted by Crippen LogP contribution is -2.42. The number of aromatic nitrogens is 1. The van der Waals surface area contributed by atoms with Crippen LogP contribution in [0.3, 0.4) is 0 Å². The maximum atomic E-state index is 15.7. The van der Waals surface area contributed by atoms with Crippen LogP contribution < -0.4 is 15.1 Å². The van der Waals surface area contributed by atoms with Gasteiger partial charge in [0, 0.05) is 24.8 Å². The largest absolute Gasteiger partial charge is 0.477 e. The minimum absolute atomic E-state index is 0.0527. The summed E-state index contributed by atoms with van der Waals surface area (Å²) in [4.78, 5) is 26.7. The van der Waals surface area contributed by atoms with Crippen molar-refractivity contribution in [1.29, 1.82) is 0 Å². The molecule has 3 aliphatic rings. The van der Waals surface area contributed by atoms with Gasteiger partial charge in [-0.25, -0.2) is 13.6 Å². The van der Waals surface area contributed by atoms with Crippen molar-refractivity contribution in [2.24, 2.45) is 11.8 Å². The topological polar surface area (TPSA) is 71.8 Å². The summed E-state index contributed by atoms with van der Waals surface area (Å²) in [5.74, 6) is -0.809. The molecule has 1 saturated heterocycles. The highest BCUT2D eigenvalue weighted by molar-refractivity contribution is 6.00. The number of nitrogens with zero attached hydrogens (tertiary/aromatic N) is 2. The van der Waals surface area contributed by atoms with Gasteiger partial charge < -0.3 is 19.3 Å². The van der Waals surface area contributed by atoms with Crippen LogP contribution in [0.5, 0.6) is 5.75 Å². The zero-order valence-corrected chi connectivity index (χ0v) is 19.0. The van der Waals surface area contributed by atoms with E-state index in [-0.39, 0.29) is 16.8 Å². The van der Waals surface area contributed by atoms with Crippen LogP contribution >= 0.6 is 0 Å². The molecule has 180 valence electrons. The van der Waals surface area contributed by atoms with Gasteiger partial charge in [0.25, 0.3) is 0 Å². The Morgan fingerprint density at radius 2 is 1.80 bits per heavy atom. The van der Waals surface area contributed by atoms with Crippen LogP contribution in [-0.4, -0.2) is 28.7 Å². The molecule has 0 amide bonds. The molecular formula is C27H24F2N2O4. The molecule has 0 spiro atoms. The molecule has 6 nitrogen and oxygen atoms in total. The first-order valence-electron chi connectivity index (χ1n) is 12.0. The SMILES string of the molecule is O=C(O)c1cn2c3c(c(N4CCC5CCCCC5C4)c(F)cc3c1=O)OC(c1ccc(F)cc1)=C2. The van der Waals surface area contributed by atoms with Crippen molar-refractivity contribution in [2.75, 3.05) is 18.0 Å². The molecule has 0 bridgehead atoms. The average molecular weight is 478 g/mol. The predicted molar refractivity (Wildman–Crippen MR) is 129 cm³/mol. The van der Waals surface area contributed by atoms with E-state index in [9.17, 15) is 19.1 Å². The number of carbonyl (C=O) groups is 1. The number of aromatic carboxylic acids is 1. The van der Waals surface area contributed by atoms with E-state index < -0.39 is 28.6 Å². The quantitative estimate of drug-likeness (QED) is 0.550. The Balaban J connectivity index is 1.55.